The van der Waals surface area contributed by atoms with Crippen LogP contribution in [0.1, 0.15) is 37.9 Å². The number of hydrogen-bond acceptors (Lipinski definition) is 4. The number of piperidine rings is 1. The normalized spacial score (nSPS) is 19.5. The van der Waals surface area contributed by atoms with Crippen molar-refractivity contribution in [2.75, 3.05) is 31.6 Å². The predicted molar refractivity (Wildman–Crippen MR) is 86.7 cm³/mol. The number of aromatic nitrogens is 2. The molecule has 1 fully saturated rings. The first-order chi connectivity index (χ1) is 10.0. The van der Waals surface area contributed by atoms with E-state index in [4.69, 9.17) is 4.74 Å². The molecule has 1 atom stereocenters. The van der Waals surface area contributed by atoms with Gasteiger partial charge in [-0.15, -0.1) is 0 Å². The monoisotopic (exact) mass is 294 g/mol. The molecule has 2 rings (SSSR count). The first kappa shape index (κ1) is 16.3. The van der Waals surface area contributed by atoms with E-state index in [1.807, 2.05) is 18.8 Å². The third-order valence-corrected chi connectivity index (χ3v) is 4.18. The van der Waals surface area contributed by atoms with Crippen LogP contribution in [0.25, 0.3) is 0 Å². The Balaban J connectivity index is 2.13. The van der Waals surface area contributed by atoms with Crippen LogP contribution in [-0.4, -0.2) is 42.6 Å². The van der Waals surface area contributed by atoms with Crippen molar-refractivity contribution in [1.29, 1.82) is 0 Å². The first-order valence-electron chi connectivity index (χ1n) is 8.03. The molecule has 0 amide bonds. The molecule has 21 heavy (non-hydrogen) atoms. The van der Waals surface area contributed by atoms with Crippen molar-refractivity contribution in [3.8, 4) is 0 Å². The van der Waals surface area contributed by atoms with Gasteiger partial charge in [0.25, 0.3) is 0 Å². The van der Waals surface area contributed by atoms with E-state index in [0.29, 0.717) is 12.0 Å². The summed E-state index contributed by atoms with van der Waals surface area (Å²) in [4.78, 5) is 2.43. The summed E-state index contributed by atoms with van der Waals surface area (Å²) < 4.78 is 7.58. The second kappa shape index (κ2) is 7.27. The zero-order chi connectivity index (χ0) is 15.4. The Morgan fingerprint density at radius 1 is 1.43 bits per heavy atom. The number of hydrogen-bond donors (Lipinski definition) is 1. The van der Waals surface area contributed by atoms with Crippen LogP contribution in [0.5, 0.6) is 0 Å². The van der Waals surface area contributed by atoms with Crippen LogP contribution in [0.15, 0.2) is 0 Å². The van der Waals surface area contributed by atoms with Gasteiger partial charge < -0.3 is 15.0 Å². The zero-order valence-electron chi connectivity index (χ0n) is 14.1. The fourth-order valence-corrected chi connectivity index (χ4v) is 3.10. The number of methoxy groups -OCH3 is 1. The highest BCUT2D eigenvalue weighted by atomic mass is 16.5. The van der Waals surface area contributed by atoms with Gasteiger partial charge in [-0.2, -0.15) is 5.10 Å². The standard InChI is InChI=1S/C16H30N4O/c1-12(2)9-17-10-15-13(3)18-19(4)16(15)20-8-6-7-14(11-20)21-5/h12,14,17H,6-11H2,1-5H3. The maximum absolute atomic E-state index is 5.56. The van der Waals surface area contributed by atoms with Crippen molar-refractivity contribution in [2.24, 2.45) is 13.0 Å². The molecule has 2 heterocycles. The lowest BCUT2D eigenvalue weighted by molar-refractivity contribution is 0.0889. The Morgan fingerprint density at radius 2 is 2.19 bits per heavy atom. The summed E-state index contributed by atoms with van der Waals surface area (Å²) in [5, 5.41) is 8.18. The van der Waals surface area contributed by atoms with E-state index < -0.39 is 0 Å². The maximum Gasteiger partial charge on any atom is 0.131 e. The van der Waals surface area contributed by atoms with Crippen molar-refractivity contribution in [2.45, 2.75) is 46.3 Å². The second-order valence-corrected chi connectivity index (χ2v) is 6.48. The summed E-state index contributed by atoms with van der Waals surface area (Å²) in [5.74, 6) is 1.92. The molecule has 0 saturated carbocycles. The number of nitrogens with zero attached hydrogens (tertiary/aromatic N) is 3. The van der Waals surface area contributed by atoms with E-state index in [2.05, 4.69) is 36.1 Å². The van der Waals surface area contributed by atoms with Gasteiger partial charge in [0.05, 0.1) is 11.8 Å². The smallest absolute Gasteiger partial charge is 0.131 e. The summed E-state index contributed by atoms with van der Waals surface area (Å²) in [6, 6.07) is 0. The topological polar surface area (TPSA) is 42.3 Å². The average Bonchev–Trinajstić information content (AvgIpc) is 2.73. The summed E-state index contributed by atoms with van der Waals surface area (Å²) in [6.07, 6.45) is 2.68. The molecule has 0 radical (unpaired) electrons. The minimum Gasteiger partial charge on any atom is -0.380 e. The average molecular weight is 294 g/mol. The van der Waals surface area contributed by atoms with E-state index in [0.717, 1.165) is 38.3 Å². The molecular weight excluding hydrogens is 264 g/mol. The largest absolute Gasteiger partial charge is 0.380 e. The molecular formula is C16H30N4O. The van der Waals surface area contributed by atoms with Crippen LogP contribution in [0.3, 0.4) is 0 Å². The molecule has 1 unspecified atom stereocenters. The number of ether oxygens (including phenoxy) is 1. The zero-order valence-corrected chi connectivity index (χ0v) is 14.1. The molecule has 1 aromatic heterocycles. The molecule has 5 heteroatoms. The predicted octanol–water partition coefficient (Wildman–Crippen LogP) is 2.09. The van der Waals surface area contributed by atoms with Crippen molar-refractivity contribution < 1.29 is 4.74 Å². The lowest BCUT2D eigenvalue weighted by atomic mass is 10.1. The maximum atomic E-state index is 5.56. The fraction of sp³-hybridized carbons (Fsp3) is 0.812. The van der Waals surface area contributed by atoms with E-state index in [-0.39, 0.29) is 0 Å². The fourth-order valence-electron chi connectivity index (χ4n) is 3.10. The number of aryl methyl sites for hydroxylation is 2. The van der Waals surface area contributed by atoms with Crippen LogP contribution >= 0.6 is 0 Å². The van der Waals surface area contributed by atoms with Gasteiger partial charge in [-0.05, 0) is 32.2 Å². The molecule has 0 bridgehead atoms. The highest BCUT2D eigenvalue weighted by Gasteiger charge is 2.25. The van der Waals surface area contributed by atoms with Crippen LogP contribution in [0.2, 0.25) is 0 Å². The van der Waals surface area contributed by atoms with Gasteiger partial charge >= 0.3 is 0 Å². The van der Waals surface area contributed by atoms with Crippen LogP contribution in [0.4, 0.5) is 5.82 Å². The van der Waals surface area contributed by atoms with Crippen molar-refractivity contribution in [3.63, 3.8) is 0 Å². The van der Waals surface area contributed by atoms with Crippen LogP contribution < -0.4 is 10.2 Å². The van der Waals surface area contributed by atoms with Gasteiger partial charge in [0.2, 0.25) is 0 Å². The van der Waals surface area contributed by atoms with E-state index in [1.54, 1.807) is 0 Å². The third kappa shape index (κ3) is 3.98. The van der Waals surface area contributed by atoms with Gasteiger partial charge in [-0.25, -0.2) is 0 Å². The van der Waals surface area contributed by atoms with Crippen LogP contribution in [-0.2, 0) is 18.3 Å². The van der Waals surface area contributed by atoms with Crippen molar-refractivity contribution in [1.82, 2.24) is 15.1 Å². The molecule has 5 nitrogen and oxygen atoms in total. The number of nitrogens with one attached hydrogen (secondary N) is 1. The summed E-state index contributed by atoms with van der Waals surface area (Å²) in [6.45, 7) is 10.6. The third-order valence-electron chi connectivity index (χ3n) is 4.18. The van der Waals surface area contributed by atoms with E-state index >= 15 is 0 Å². The molecule has 1 saturated heterocycles. The minimum absolute atomic E-state index is 0.338. The molecule has 1 aliphatic heterocycles. The Bertz CT molecular complexity index is 455. The van der Waals surface area contributed by atoms with Crippen molar-refractivity contribution in [3.05, 3.63) is 11.3 Å². The Morgan fingerprint density at radius 3 is 2.86 bits per heavy atom. The highest BCUT2D eigenvalue weighted by molar-refractivity contribution is 5.50. The SMILES string of the molecule is COC1CCCN(c2c(CNCC(C)C)c(C)nn2C)C1. The minimum atomic E-state index is 0.338. The quantitative estimate of drug-likeness (QED) is 0.872. The Kier molecular flexibility index (Phi) is 5.65. The lowest BCUT2D eigenvalue weighted by Crippen LogP contribution is -2.40. The number of anilines is 1. The van der Waals surface area contributed by atoms with Gasteiger partial charge in [0, 0.05) is 39.4 Å². The Hall–Kier alpha value is -1.07. The number of rotatable bonds is 6. The molecule has 1 N–H and O–H groups in total. The van der Waals surface area contributed by atoms with Crippen molar-refractivity contribution >= 4 is 5.82 Å². The molecule has 120 valence electrons. The van der Waals surface area contributed by atoms with Gasteiger partial charge in [0.1, 0.15) is 5.82 Å². The van der Waals surface area contributed by atoms with Crippen LogP contribution in [0, 0.1) is 12.8 Å². The van der Waals surface area contributed by atoms with E-state index in [1.165, 1.54) is 17.8 Å². The molecule has 0 aromatic carbocycles. The molecule has 0 spiro atoms. The molecule has 1 aromatic rings. The summed E-state index contributed by atoms with van der Waals surface area (Å²) >= 11 is 0. The highest BCUT2D eigenvalue weighted by Crippen LogP contribution is 2.26. The summed E-state index contributed by atoms with van der Waals surface area (Å²) in [5.41, 5.74) is 2.46. The van der Waals surface area contributed by atoms with E-state index in [9.17, 15) is 0 Å². The molecule has 0 aliphatic carbocycles. The Labute approximate surface area is 128 Å². The first-order valence-corrected chi connectivity index (χ1v) is 8.03. The molecule has 1 aliphatic rings. The van der Waals surface area contributed by atoms with Gasteiger partial charge in [-0.3, -0.25) is 4.68 Å². The summed E-state index contributed by atoms with van der Waals surface area (Å²) in [7, 11) is 3.86. The second-order valence-electron chi connectivity index (χ2n) is 6.48. The van der Waals surface area contributed by atoms with Gasteiger partial charge in [0.15, 0.2) is 0 Å². The van der Waals surface area contributed by atoms with Gasteiger partial charge in [-0.1, -0.05) is 13.8 Å². The lowest BCUT2D eigenvalue weighted by Gasteiger charge is -2.34.